The minimum atomic E-state index is 0.124. The fourth-order valence-corrected chi connectivity index (χ4v) is 3.00. The minimum Gasteiger partial charge on any atom is -0.326 e. The van der Waals surface area contributed by atoms with Gasteiger partial charge in [-0.2, -0.15) is 0 Å². The summed E-state index contributed by atoms with van der Waals surface area (Å²) < 4.78 is 0. The van der Waals surface area contributed by atoms with Gasteiger partial charge in [-0.05, 0) is 44.0 Å². The van der Waals surface area contributed by atoms with E-state index in [0.717, 1.165) is 24.5 Å². The van der Waals surface area contributed by atoms with Gasteiger partial charge < -0.3 is 5.73 Å². The molecule has 0 radical (unpaired) electrons. The van der Waals surface area contributed by atoms with Crippen LogP contribution >= 0.6 is 11.6 Å². The predicted molar refractivity (Wildman–Crippen MR) is 93.8 cm³/mol. The average Bonchev–Trinajstić information content (AvgIpc) is 2.51. The fourth-order valence-electron chi connectivity index (χ4n) is 2.75. The fraction of sp³-hybridized carbons (Fsp3) is 0.667. The van der Waals surface area contributed by atoms with Gasteiger partial charge in [0, 0.05) is 11.1 Å². The highest BCUT2D eigenvalue weighted by Crippen LogP contribution is 2.31. The molecule has 2 nitrogen and oxygen atoms in total. The Morgan fingerprint density at radius 2 is 1.62 bits per heavy atom. The SMILES string of the molecule is CCCCN(CCCC)C(c1ccccc1Cl)C(N)CC. The average molecular weight is 311 g/mol. The van der Waals surface area contributed by atoms with E-state index in [-0.39, 0.29) is 12.1 Å². The Labute approximate surface area is 135 Å². The smallest absolute Gasteiger partial charge is 0.0513 e. The summed E-state index contributed by atoms with van der Waals surface area (Å²) in [4.78, 5) is 2.54. The first-order valence-electron chi connectivity index (χ1n) is 8.39. The number of nitrogens with zero attached hydrogens (tertiary/aromatic N) is 1. The van der Waals surface area contributed by atoms with Crippen molar-refractivity contribution in [1.29, 1.82) is 0 Å². The monoisotopic (exact) mass is 310 g/mol. The molecule has 2 atom stereocenters. The quantitative estimate of drug-likeness (QED) is 0.657. The molecule has 2 N–H and O–H groups in total. The first-order valence-corrected chi connectivity index (χ1v) is 8.77. The lowest BCUT2D eigenvalue weighted by Crippen LogP contribution is -2.42. The molecular formula is C18H31ClN2. The molecule has 2 unspecified atom stereocenters. The summed E-state index contributed by atoms with van der Waals surface area (Å²) in [7, 11) is 0. The van der Waals surface area contributed by atoms with Crippen LogP contribution in [0.2, 0.25) is 5.02 Å². The summed E-state index contributed by atoms with van der Waals surface area (Å²) in [5.41, 5.74) is 7.64. The summed E-state index contributed by atoms with van der Waals surface area (Å²) in [5, 5.41) is 0.837. The molecule has 1 aromatic rings. The maximum absolute atomic E-state index is 6.46. The first-order chi connectivity index (χ1) is 10.2. The lowest BCUT2D eigenvalue weighted by molar-refractivity contribution is 0.164. The Morgan fingerprint density at radius 1 is 1.05 bits per heavy atom. The van der Waals surface area contributed by atoms with E-state index < -0.39 is 0 Å². The summed E-state index contributed by atoms with van der Waals surface area (Å²) in [5.74, 6) is 0. The molecule has 0 aromatic heterocycles. The molecule has 1 aromatic carbocycles. The second-order valence-electron chi connectivity index (χ2n) is 5.78. The van der Waals surface area contributed by atoms with E-state index in [1.807, 2.05) is 12.1 Å². The molecule has 21 heavy (non-hydrogen) atoms. The number of benzene rings is 1. The third-order valence-electron chi connectivity index (χ3n) is 4.09. The predicted octanol–water partition coefficient (Wildman–Crippen LogP) is 5.02. The van der Waals surface area contributed by atoms with Crippen molar-refractivity contribution in [3.05, 3.63) is 34.9 Å². The number of unbranched alkanes of at least 4 members (excludes halogenated alkanes) is 2. The van der Waals surface area contributed by atoms with Gasteiger partial charge in [0.15, 0.2) is 0 Å². The Balaban J connectivity index is 3.04. The maximum atomic E-state index is 6.46. The normalized spacial score (nSPS) is 14.4. The van der Waals surface area contributed by atoms with Crippen molar-refractivity contribution in [2.75, 3.05) is 13.1 Å². The molecule has 1 rings (SSSR count). The number of hydrogen-bond donors (Lipinski definition) is 1. The molecule has 0 heterocycles. The third kappa shape index (κ3) is 5.61. The molecule has 0 spiro atoms. The molecule has 0 saturated carbocycles. The Kier molecular flexibility index (Phi) is 8.98. The molecule has 3 heteroatoms. The van der Waals surface area contributed by atoms with E-state index in [0.29, 0.717) is 0 Å². The molecule has 0 aliphatic rings. The van der Waals surface area contributed by atoms with E-state index in [9.17, 15) is 0 Å². The number of hydrogen-bond acceptors (Lipinski definition) is 2. The van der Waals surface area contributed by atoms with Crippen LogP contribution in [-0.4, -0.2) is 24.0 Å². The standard InChI is InChI=1S/C18H31ClN2/c1-4-7-13-21(14-8-5-2)18(17(20)6-3)15-11-9-10-12-16(15)19/h9-12,17-18H,4-8,13-14,20H2,1-3H3. The van der Waals surface area contributed by atoms with Crippen LogP contribution in [0.15, 0.2) is 24.3 Å². The zero-order chi connectivity index (χ0) is 15.7. The number of nitrogens with two attached hydrogens (primary N) is 1. The number of halogens is 1. The van der Waals surface area contributed by atoms with Gasteiger partial charge >= 0.3 is 0 Å². The molecule has 0 aliphatic carbocycles. The van der Waals surface area contributed by atoms with Crippen LogP contribution in [-0.2, 0) is 0 Å². The molecule has 120 valence electrons. The number of rotatable bonds is 10. The van der Waals surface area contributed by atoms with Gasteiger partial charge in [-0.3, -0.25) is 4.90 Å². The van der Waals surface area contributed by atoms with Crippen LogP contribution in [0, 0.1) is 0 Å². The van der Waals surface area contributed by atoms with Crippen LogP contribution < -0.4 is 5.73 Å². The van der Waals surface area contributed by atoms with E-state index >= 15 is 0 Å². The van der Waals surface area contributed by atoms with Gasteiger partial charge in [0.25, 0.3) is 0 Å². The van der Waals surface area contributed by atoms with E-state index in [4.69, 9.17) is 17.3 Å². The minimum absolute atomic E-state index is 0.124. The summed E-state index contributed by atoms with van der Waals surface area (Å²) in [6.45, 7) is 8.83. The highest BCUT2D eigenvalue weighted by atomic mass is 35.5. The molecule has 0 bridgehead atoms. The summed E-state index contributed by atoms with van der Waals surface area (Å²) >= 11 is 6.45. The van der Waals surface area contributed by atoms with Crippen LogP contribution in [0.5, 0.6) is 0 Å². The van der Waals surface area contributed by atoms with Crippen molar-refractivity contribution < 1.29 is 0 Å². The molecule has 0 saturated heterocycles. The zero-order valence-electron chi connectivity index (χ0n) is 13.8. The lowest BCUT2D eigenvalue weighted by Gasteiger charge is -2.36. The Morgan fingerprint density at radius 3 is 2.10 bits per heavy atom. The van der Waals surface area contributed by atoms with Crippen molar-refractivity contribution in [2.24, 2.45) is 5.73 Å². The molecular weight excluding hydrogens is 280 g/mol. The second-order valence-corrected chi connectivity index (χ2v) is 6.19. The maximum Gasteiger partial charge on any atom is 0.0513 e. The van der Waals surface area contributed by atoms with Crippen molar-refractivity contribution in [3.8, 4) is 0 Å². The van der Waals surface area contributed by atoms with E-state index in [2.05, 4.69) is 37.8 Å². The van der Waals surface area contributed by atoms with Gasteiger partial charge in [-0.25, -0.2) is 0 Å². The van der Waals surface area contributed by atoms with Crippen molar-refractivity contribution in [1.82, 2.24) is 4.90 Å². The van der Waals surface area contributed by atoms with Crippen molar-refractivity contribution in [3.63, 3.8) is 0 Å². The van der Waals surface area contributed by atoms with Gasteiger partial charge in [0.2, 0.25) is 0 Å². The van der Waals surface area contributed by atoms with Crippen molar-refractivity contribution >= 4 is 11.6 Å². The summed E-state index contributed by atoms with van der Waals surface area (Å²) in [6.07, 6.45) is 5.80. The van der Waals surface area contributed by atoms with Crippen LogP contribution in [0.4, 0.5) is 0 Å². The first kappa shape index (κ1) is 18.5. The topological polar surface area (TPSA) is 29.3 Å². The van der Waals surface area contributed by atoms with Gasteiger partial charge in [-0.15, -0.1) is 0 Å². The van der Waals surface area contributed by atoms with Crippen molar-refractivity contribution in [2.45, 2.75) is 65.0 Å². The molecule has 0 amide bonds. The van der Waals surface area contributed by atoms with Gasteiger partial charge in [0.1, 0.15) is 0 Å². The zero-order valence-corrected chi connectivity index (χ0v) is 14.6. The van der Waals surface area contributed by atoms with E-state index in [1.54, 1.807) is 0 Å². The molecule has 0 fully saturated rings. The lowest BCUT2D eigenvalue weighted by atomic mass is 9.95. The van der Waals surface area contributed by atoms with Gasteiger partial charge in [-0.1, -0.05) is 63.4 Å². The molecule has 0 aliphatic heterocycles. The van der Waals surface area contributed by atoms with Gasteiger partial charge in [0.05, 0.1) is 6.04 Å². The largest absolute Gasteiger partial charge is 0.326 e. The highest BCUT2D eigenvalue weighted by Gasteiger charge is 2.26. The summed E-state index contributed by atoms with van der Waals surface area (Å²) in [6, 6.07) is 8.51. The second kappa shape index (κ2) is 10.2. The highest BCUT2D eigenvalue weighted by molar-refractivity contribution is 6.31. The Hall–Kier alpha value is -0.570. The van der Waals surface area contributed by atoms with Crippen LogP contribution in [0.3, 0.4) is 0 Å². The van der Waals surface area contributed by atoms with Crippen LogP contribution in [0.25, 0.3) is 0 Å². The van der Waals surface area contributed by atoms with Crippen LogP contribution in [0.1, 0.15) is 64.5 Å². The Bertz CT molecular complexity index is 387. The third-order valence-corrected chi connectivity index (χ3v) is 4.44. The van der Waals surface area contributed by atoms with E-state index in [1.165, 1.54) is 31.2 Å².